The van der Waals surface area contributed by atoms with E-state index in [4.69, 9.17) is 4.74 Å². The molecule has 1 N–H and O–H groups in total. The van der Waals surface area contributed by atoms with Gasteiger partial charge in [-0.15, -0.1) is 6.58 Å². The molecule has 0 aliphatic carbocycles. The number of carbonyl (C=O) groups is 1. The number of ketones is 1. The molecule has 5 heteroatoms. The lowest BCUT2D eigenvalue weighted by molar-refractivity contribution is 0.101. The lowest BCUT2D eigenvalue weighted by atomic mass is 10.0. The summed E-state index contributed by atoms with van der Waals surface area (Å²) in [5.41, 5.74) is 3.61. The van der Waals surface area contributed by atoms with E-state index in [0.717, 1.165) is 54.3 Å². The van der Waals surface area contributed by atoms with E-state index in [1.165, 1.54) is 0 Å². The molecule has 1 saturated heterocycles. The van der Waals surface area contributed by atoms with Crippen LogP contribution in [0.4, 0.5) is 5.69 Å². The van der Waals surface area contributed by atoms with Crippen LogP contribution in [-0.2, 0) is 13.0 Å². The standard InChI is InChI=1S/C23H28N2O3/c1-4-5-19-14-22(28-3)15-20(23(19)27)16-24-10-12-25(13-11-24)21-8-6-18(7-9-21)17(2)26/h4,6-9,14-15,27H,1,5,10-13,16H2,2-3H3. The summed E-state index contributed by atoms with van der Waals surface area (Å²) in [6.07, 6.45) is 2.40. The summed E-state index contributed by atoms with van der Waals surface area (Å²) in [7, 11) is 1.64. The van der Waals surface area contributed by atoms with E-state index >= 15 is 0 Å². The Labute approximate surface area is 166 Å². The van der Waals surface area contributed by atoms with Crippen molar-refractivity contribution in [3.63, 3.8) is 0 Å². The number of phenols is 1. The summed E-state index contributed by atoms with van der Waals surface area (Å²) in [5.74, 6) is 1.18. The van der Waals surface area contributed by atoms with Gasteiger partial charge in [0, 0.05) is 55.1 Å². The molecule has 0 spiro atoms. The lowest BCUT2D eigenvalue weighted by Gasteiger charge is -2.36. The van der Waals surface area contributed by atoms with E-state index in [-0.39, 0.29) is 5.78 Å². The summed E-state index contributed by atoms with van der Waals surface area (Å²) in [4.78, 5) is 16.1. The highest BCUT2D eigenvalue weighted by atomic mass is 16.5. The van der Waals surface area contributed by atoms with Crippen LogP contribution in [0.5, 0.6) is 11.5 Å². The first kappa shape index (κ1) is 20.0. The van der Waals surface area contributed by atoms with Crippen molar-refractivity contribution in [3.8, 4) is 11.5 Å². The summed E-state index contributed by atoms with van der Waals surface area (Å²) < 4.78 is 5.39. The molecular formula is C23H28N2O3. The number of aromatic hydroxyl groups is 1. The second-order valence-corrected chi connectivity index (χ2v) is 7.15. The van der Waals surface area contributed by atoms with Gasteiger partial charge in [0.05, 0.1) is 7.11 Å². The monoisotopic (exact) mass is 380 g/mol. The zero-order chi connectivity index (χ0) is 20.1. The fraction of sp³-hybridized carbons (Fsp3) is 0.348. The summed E-state index contributed by atoms with van der Waals surface area (Å²) in [6.45, 7) is 9.66. The van der Waals surface area contributed by atoms with Crippen molar-refractivity contribution in [2.45, 2.75) is 19.9 Å². The molecule has 2 aromatic rings. The number of hydrogen-bond acceptors (Lipinski definition) is 5. The zero-order valence-corrected chi connectivity index (χ0v) is 16.6. The maximum Gasteiger partial charge on any atom is 0.159 e. The van der Waals surface area contributed by atoms with Gasteiger partial charge in [-0.3, -0.25) is 9.69 Å². The van der Waals surface area contributed by atoms with Crippen molar-refractivity contribution in [1.82, 2.24) is 4.90 Å². The minimum absolute atomic E-state index is 0.0882. The van der Waals surface area contributed by atoms with Gasteiger partial charge in [-0.2, -0.15) is 0 Å². The average Bonchev–Trinajstić information content (AvgIpc) is 2.71. The molecule has 1 aliphatic heterocycles. The molecule has 5 nitrogen and oxygen atoms in total. The fourth-order valence-electron chi connectivity index (χ4n) is 3.59. The molecule has 0 aromatic heterocycles. The number of nitrogens with zero attached hydrogens (tertiary/aromatic N) is 2. The fourth-order valence-corrected chi connectivity index (χ4v) is 3.59. The van der Waals surface area contributed by atoms with Gasteiger partial charge >= 0.3 is 0 Å². The Morgan fingerprint density at radius 2 is 1.79 bits per heavy atom. The van der Waals surface area contributed by atoms with Crippen molar-refractivity contribution in [1.29, 1.82) is 0 Å². The van der Waals surface area contributed by atoms with Gasteiger partial charge in [0.15, 0.2) is 5.78 Å². The molecule has 0 bridgehead atoms. The quantitative estimate of drug-likeness (QED) is 0.587. The van der Waals surface area contributed by atoms with Gasteiger partial charge in [0.2, 0.25) is 0 Å². The van der Waals surface area contributed by atoms with Crippen molar-refractivity contribution < 1.29 is 14.6 Å². The highest BCUT2D eigenvalue weighted by molar-refractivity contribution is 5.94. The third-order valence-electron chi connectivity index (χ3n) is 5.25. The van der Waals surface area contributed by atoms with Crippen molar-refractivity contribution in [2.24, 2.45) is 0 Å². The molecule has 1 aliphatic rings. The number of methoxy groups -OCH3 is 1. The third-order valence-corrected chi connectivity index (χ3v) is 5.25. The lowest BCUT2D eigenvalue weighted by Crippen LogP contribution is -2.46. The number of piperazine rings is 1. The number of anilines is 1. The molecule has 3 rings (SSSR count). The number of carbonyl (C=O) groups excluding carboxylic acids is 1. The Hall–Kier alpha value is -2.79. The molecule has 28 heavy (non-hydrogen) atoms. The molecule has 0 atom stereocenters. The second-order valence-electron chi connectivity index (χ2n) is 7.15. The van der Waals surface area contributed by atoms with E-state index < -0.39 is 0 Å². The van der Waals surface area contributed by atoms with Crippen LogP contribution in [-0.4, -0.2) is 49.1 Å². The SMILES string of the molecule is C=CCc1cc(OC)cc(CN2CCN(c3ccc(C(C)=O)cc3)CC2)c1O. The number of rotatable bonds is 7. The Bertz CT molecular complexity index is 838. The van der Waals surface area contributed by atoms with Gasteiger partial charge in [-0.1, -0.05) is 6.08 Å². The maximum atomic E-state index is 11.4. The minimum atomic E-state index is 0.0882. The molecule has 148 valence electrons. The zero-order valence-electron chi connectivity index (χ0n) is 16.6. The highest BCUT2D eigenvalue weighted by Gasteiger charge is 2.20. The van der Waals surface area contributed by atoms with Gasteiger partial charge in [0.25, 0.3) is 0 Å². The van der Waals surface area contributed by atoms with E-state index in [0.29, 0.717) is 18.7 Å². The van der Waals surface area contributed by atoms with Crippen LogP contribution >= 0.6 is 0 Å². The first-order chi connectivity index (χ1) is 13.5. The predicted molar refractivity (Wildman–Crippen MR) is 112 cm³/mol. The Morgan fingerprint density at radius 3 is 2.36 bits per heavy atom. The van der Waals surface area contributed by atoms with Crippen molar-refractivity contribution in [2.75, 3.05) is 38.2 Å². The number of ether oxygens (including phenoxy) is 1. The Kier molecular flexibility index (Phi) is 6.37. The second kappa shape index (κ2) is 8.93. The Balaban J connectivity index is 1.65. The first-order valence-corrected chi connectivity index (χ1v) is 9.59. The third kappa shape index (κ3) is 4.54. The molecule has 0 radical (unpaired) electrons. The summed E-state index contributed by atoms with van der Waals surface area (Å²) in [6, 6.07) is 11.6. The van der Waals surface area contributed by atoms with E-state index in [2.05, 4.69) is 16.4 Å². The van der Waals surface area contributed by atoms with Crippen molar-refractivity contribution in [3.05, 3.63) is 65.7 Å². The minimum Gasteiger partial charge on any atom is -0.507 e. The van der Waals surface area contributed by atoms with Crippen LogP contribution < -0.4 is 9.64 Å². The van der Waals surface area contributed by atoms with Crippen LogP contribution in [0.1, 0.15) is 28.4 Å². The van der Waals surface area contributed by atoms with Crippen LogP contribution in [0.3, 0.4) is 0 Å². The molecule has 1 fully saturated rings. The topological polar surface area (TPSA) is 53.0 Å². The molecular weight excluding hydrogens is 352 g/mol. The summed E-state index contributed by atoms with van der Waals surface area (Å²) in [5, 5.41) is 10.6. The van der Waals surface area contributed by atoms with Gasteiger partial charge < -0.3 is 14.7 Å². The number of phenolic OH excluding ortho intramolecular Hbond substituents is 1. The van der Waals surface area contributed by atoms with Crippen LogP contribution in [0.2, 0.25) is 0 Å². The molecule has 1 heterocycles. The number of Topliss-reactive ketones (excluding diaryl/α,β-unsaturated/α-hetero) is 1. The normalized spacial score (nSPS) is 14.7. The Morgan fingerprint density at radius 1 is 1.14 bits per heavy atom. The highest BCUT2D eigenvalue weighted by Crippen LogP contribution is 2.30. The summed E-state index contributed by atoms with van der Waals surface area (Å²) >= 11 is 0. The van der Waals surface area contributed by atoms with Crippen LogP contribution in [0.15, 0.2) is 49.1 Å². The molecule has 0 saturated carbocycles. The van der Waals surface area contributed by atoms with Crippen LogP contribution in [0.25, 0.3) is 0 Å². The van der Waals surface area contributed by atoms with E-state index in [1.54, 1.807) is 20.1 Å². The molecule has 2 aromatic carbocycles. The van der Waals surface area contributed by atoms with Crippen molar-refractivity contribution >= 4 is 11.5 Å². The molecule has 0 amide bonds. The smallest absolute Gasteiger partial charge is 0.159 e. The van der Waals surface area contributed by atoms with Gasteiger partial charge in [-0.05, 0) is 49.7 Å². The van der Waals surface area contributed by atoms with Gasteiger partial charge in [-0.25, -0.2) is 0 Å². The van der Waals surface area contributed by atoms with E-state index in [9.17, 15) is 9.90 Å². The number of hydrogen-bond donors (Lipinski definition) is 1. The average molecular weight is 380 g/mol. The number of benzene rings is 2. The van der Waals surface area contributed by atoms with Crippen LogP contribution in [0, 0.1) is 0 Å². The van der Waals surface area contributed by atoms with E-state index in [1.807, 2.05) is 36.4 Å². The maximum absolute atomic E-state index is 11.4. The largest absolute Gasteiger partial charge is 0.507 e. The van der Waals surface area contributed by atoms with Gasteiger partial charge in [0.1, 0.15) is 11.5 Å². The number of allylic oxidation sites excluding steroid dienone is 1. The predicted octanol–water partition coefficient (Wildman–Crippen LogP) is 3.65. The molecule has 0 unspecified atom stereocenters. The first-order valence-electron chi connectivity index (χ1n) is 9.59.